The molecule has 6 nitrogen and oxygen atoms in total. The van der Waals surface area contributed by atoms with Crippen LogP contribution in [-0.2, 0) is 16.1 Å². The Hall–Kier alpha value is -1.40. The highest BCUT2D eigenvalue weighted by Gasteiger charge is 2.71. The van der Waals surface area contributed by atoms with E-state index < -0.39 is 5.54 Å². The lowest BCUT2D eigenvalue weighted by Gasteiger charge is -2.60. The van der Waals surface area contributed by atoms with Crippen molar-refractivity contribution in [2.24, 2.45) is 17.1 Å². The van der Waals surface area contributed by atoms with E-state index in [1.165, 1.54) is 0 Å². The molecule has 1 saturated heterocycles. The molecule has 2 fully saturated rings. The van der Waals surface area contributed by atoms with E-state index in [4.69, 9.17) is 10.5 Å². The van der Waals surface area contributed by atoms with Crippen LogP contribution in [-0.4, -0.2) is 40.5 Å². The SMILES string of the molecule is CC1(C)C2OCCC2C1(N)C(=O)NCCCn1cccn1. The zero-order chi connectivity index (χ0) is 15.1. The van der Waals surface area contributed by atoms with Crippen LogP contribution >= 0.6 is 0 Å². The highest BCUT2D eigenvalue weighted by Crippen LogP contribution is 2.58. The first-order valence-electron chi connectivity index (χ1n) is 7.64. The highest BCUT2D eigenvalue weighted by atomic mass is 16.5. The van der Waals surface area contributed by atoms with E-state index in [9.17, 15) is 4.79 Å². The molecule has 1 amide bonds. The molecule has 1 aromatic heterocycles. The number of nitrogens with one attached hydrogen (secondary N) is 1. The van der Waals surface area contributed by atoms with Gasteiger partial charge in [-0.25, -0.2) is 0 Å². The molecule has 2 aliphatic rings. The Morgan fingerprint density at radius 2 is 2.38 bits per heavy atom. The normalized spacial score (nSPS) is 33.3. The van der Waals surface area contributed by atoms with Crippen LogP contribution in [0.1, 0.15) is 26.7 Å². The average molecular weight is 292 g/mol. The van der Waals surface area contributed by atoms with E-state index in [0.717, 1.165) is 19.4 Å². The van der Waals surface area contributed by atoms with Gasteiger partial charge in [-0.2, -0.15) is 5.10 Å². The van der Waals surface area contributed by atoms with Crippen molar-refractivity contribution in [1.29, 1.82) is 0 Å². The molecule has 3 unspecified atom stereocenters. The van der Waals surface area contributed by atoms with Gasteiger partial charge in [-0.15, -0.1) is 0 Å². The number of aryl methyl sites for hydroxylation is 1. The zero-order valence-electron chi connectivity index (χ0n) is 12.7. The predicted molar refractivity (Wildman–Crippen MR) is 78.4 cm³/mol. The third-order valence-electron chi connectivity index (χ3n) is 5.24. The van der Waals surface area contributed by atoms with Crippen LogP contribution in [0.15, 0.2) is 18.5 Å². The molecular weight excluding hydrogens is 268 g/mol. The van der Waals surface area contributed by atoms with Crippen LogP contribution in [0.25, 0.3) is 0 Å². The monoisotopic (exact) mass is 292 g/mol. The molecule has 3 rings (SSSR count). The summed E-state index contributed by atoms with van der Waals surface area (Å²) in [6, 6.07) is 1.89. The lowest BCUT2D eigenvalue weighted by Crippen LogP contribution is -2.80. The van der Waals surface area contributed by atoms with Gasteiger partial charge in [0.25, 0.3) is 0 Å². The quantitative estimate of drug-likeness (QED) is 0.776. The van der Waals surface area contributed by atoms with Crippen LogP contribution < -0.4 is 11.1 Å². The van der Waals surface area contributed by atoms with Crippen LogP contribution in [0, 0.1) is 11.3 Å². The standard InChI is InChI=1S/C15H24N4O2/c1-14(2)12-11(5-10-21-12)15(14,16)13(20)17-6-3-8-19-9-4-7-18-19/h4,7,9,11-12H,3,5-6,8,10,16H2,1-2H3,(H,17,20). The summed E-state index contributed by atoms with van der Waals surface area (Å²) < 4.78 is 7.58. The molecule has 2 heterocycles. The van der Waals surface area contributed by atoms with Gasteiger partial charge < -0.3 is 15.8 Å². The van der Waals surface area contributed by atoms with Gasteiger partial charge in [-0.3, -0.25) is 9.48 Å². The van der Waals surface area contributed by atoms with Gasteiger partial charge in [0.15, 0.2) is 0 Å². The topological polar surface area (TPSA) is 82.2 Å². The fourth-order valence-corrected chi connectivity index (χ4v) is 3.87. The summed E-state index contributed by atoms with van der Waals surface area (Å²) in [5, 5.41) is 7.13. The molecule has 1 aliphatic heterocycles. The minimum atomic E-state index is -0.806. The minimum Gasteiger partial charge on any atom is -0.377 e. The van der Waals surface area contributed by atoms with Crippen molar-refractivity contribution in [3.05, 3.63) is 18.5 Å². The van der Waals surface area contributed by atoms with Crippen molar-refractivity contribution in [3.8, 4) is 0 Å². The molecule has 1 aliphatic carbocycles. The number of carbonyl (C=O) groups is 1. The van der Waals surface area contributed by atoms with Crippen molar-refractivity contribution in [3.63, 3.8) is 0 Å². The second kappa shape index (κ2) is 5.10. The van der Waals surface area contributed by atoms with Gasteiger partial charge in [-0.05, 0) is 18.9 Å². The third kappa shape index (κ3) is 2.08. The summed E-state index contributed by atoms with van der Waals surface area (Å²) in [5.41, 5.74) is 5.37. The summed E-state index contributed by atoms with van der Waals surface area (Å²) in [5.74, 6) is 0.110. The molecule has 0 aromatic carbocycles. The first-order valence-corrected chi connectivity index (χ1v) is 7.64. The van der Waals surface area contributed by atoms with Gasteiger partial charge in [0, 0.05) is 43.4 Å². The lowest BCUT2D eigenvalue weighted by molar-refractivity contribution is -0.175. The molecule has 0 bridgehead atoms. The largest absolute Gasteiger partial charge is 0.377 e. The summed E-state index contributed by atoms with van der Waals surface area (Å²) >= 11 is 0. The molecule has 3 N–H and O–H groups in total. The Bertz CT molecular complexity index is 514. The maximum absolute atomic E-state index is 12.6. The number of carbonyl (C=O) groups excluding carboxylic acids is 1. The summed E-state index contributed by atoms with van der Waals surface area (Å²) in [6.07, 6.45) is 5.52. The average Bonchev–Trinajstić information content (AvgIpc) is 3.12. The van der Waals surface area contributed by atoms with Crippen LogP contribution in [0.3, 0.4) is 0 Å². The molecule has 21 heavy (non-hydrogen) atoms. The number of fused-ring (bicyclic) bond motifs is 1. The number of nitrogens with two attached hydrogens (primary N) is 1. The first kappa shape index (κ1) is 14.5. The van der Waals surface area contributed by atoms with Gasteiger partial charge >= 0.3 is 0 Å². The van der Waals surface area contributed by atoms with Gasteiger partial charge in [0.05, 0.1) is 6.10 Å². The van der Waals surface area contributed by atoms with Crippen molar-refractivity contribution >= 4 is 5.91 Å². The number of amides is 1. The third-order valence-corrected chi connectivity index (χ3v) is 5.24. The van der Waals surface area contributed by atoms with Crippen molar-refractivity contribution < 1.29 is 9.53 Å². The first-order chi connectivity index (χ1) is 9.98. The van der Waals surface area contributed by atoms with E-state index >= 15 is 0 Å². The second-order valence-electron chi connectivity index (χ2n) is 6.66. The van der Waals surface area contributed by atoms with E-state index in [1.54, 1.807) is 6.20 Å². The van der Waals surface area contributed by atoms with Crippen LogP contribution in [0.5, 0.6) is 0 Å². The van der Waals surface area contributed by atoms with Crippen molar-refractivity contribution in [2.45, 2.75) is 44.9 Å². The predicted octanol–water partition coefficient (Wildman–Crippen LogP) is 0.532. The maximum atomic E-state index is 12.6. The molecular formula is C15H24N4O2. The Labute approximate surface area is 125 Å². The van der Waals surface area contributed by atoms with Crippen LogP contribution in [0.2, 0.25) is 0 Å². The molecule has 3 atom stereocenters. The summed E-state index contributed by atoms with van der Waals surface area (Å²) in [7, 11) is 0. The fraction of sp³-hybridized carbons (Fsp3) is 0.733. The van der Waals surface area contributed by atoms with Gasteiger partial charge in [0.2, 0.25) is 5.91 Å². The minimum absolute atomic E-state index is 0.0419. The molecule has 1 saturated carbocycles. The number of hydrogen-bond donors (Lipinski definition) is 2. The molecule has 0 radical (unpaired) electrons. The van der Waals surface area contributed by atoms with E-state index in [0.29, 0.717) is 13.2 Å². The van der Waals surface area contributed by atoms with Crippen molar-refractivity contribution in [2.75, 3.05) is 13.2 Å². The molecule has 0 spiro atoms. The smallest absolute Gasteiger partial charge is 0.241 e. The Morgan fingerprint density at radius 1 is 1.57 bits per heavy atom. The Balaban J connectivity index is 1.53. The maximum Gasteiger partial charge on any atom is 0.241 e. The molecule has 116 valence electrons. The highest BCUT2D eigenvalue weighted by molar-refractivity contribution is 5.89. The molecule has 6 heteroatoms. The van der Waals surface area contributed by atoms with E-state index in [2.05, 4.69) is 10.4 Å². The van der Waals surface area contributed by atoms with Crippen LogP contribution in [0.4, 0.5) is 0 Å². The lowest BCUT2D eigenvalue weighted by atomic mass is 9.48. The molecule has 1 aromatic rings. The van der Waals surface area contributed by atoms with Crippen molar-refractivity contribution in [1.82, 2.24) is 15.1 Å². The fourth-order valence-electron chi connectivity index (χ4n) is 3.87. The summed E-state index contributed by atoms with van der Waals surface area (Å²) in [4.78, 5) is 12.6. The van der Waals surface area contributed by atoms with E-state index in [1.807, 2.05) is 30.8 Å². The Morgan fingerprint density at radius 3 is 3.10 bits per heavy atom. The number of nitrogens with zero attached hydrogens (tertiary/aromatic N) is 2. The Kier molecular flexibility index (Phi) is 3.53. The van der Waals surface area contributed by atoms with Gasteiger partial charge in [0.1, 0.15) is 5.54 Å². The number of rotatable bonds is 5. The number of aromatic nitrogens is 2. The summed E-state index contributed by atoms with van der Waals surface area (Å²) in [6.45, 7) is 6.19. The van der Waals surface area contributed by atoms with E-state index in [-0.39, 0.29) is 23.3 Å². The van der Waals surface area contributed by atoms with Gasteiger partial charge in [-0.1, -0.05) is 13.8 Å². The second-order valence-corrected chi connectivity index (χ2v) is 6.66. The number of hydrogen-bond acceptors (Lipinski definition) is 4. The number of ether oxygens (including phenoxy) is 1. The zero-order valence-corrected chi connectivity index (χ0v) is 12.7.